The smallest absolute Gasteiger partial charge is 0.189 e. The molecule has 2 heterocycles. The SMILES string of the molecule is COc1cc(C(=O)C2C(c3ccc(Cl)cc3)C3CCCN3C23C(=O)c2cccc4cccc3c24)ccc1O. The predicted molar refractivity (Wildman–Crippen MR) is 146 cm³/mol. The Kier molecular flexibility index (Phi) is 5.19. The van der Waals surface area contributed by atoms with E-state index in [1.807, 2.05) is 60.7 Å². The summed E-state index contributed by atoms with van der Waals surface area (Å²) in [7, 11) is 1.46. The first-order valence-corrected chi connectivity index (χ1v) is 13.3. The third-order valence-corrected chi connectivity index (χ3v) is 9.14. The van der Waals surface area contributed by atoms with Gasteiger partial charge in [-0.2, -0.15) is 0 Å². The van der Waals surface area contributed by atoms with Crippen molar-refractivity contribution in [2.24, 2.45) is 5.92 Å². The molecule has 4 aromatic rings. The number of nitrogens with zero attached hydrogens (tertiary/aromatic N) is 1. The summed E-state index contributed by atoms with van der Waals surface area (Å²) in [5.41, 5.74) is 1.91. The number of phenols is 1. The highest BCUT2D eigenvalue weighted by molar-refractivity contribution is 6.30. The molecule has 4 aromatic carbocycles. The molecule has 1 N–H and O–H groups in total. The fourth-order valence-electron chi connectivity index (χ4n) is 7.50. The fourth-order valence-corrected chi connectivity index (χ4v) is 7.62. The molecule has 0 amide bonds. The molecule has 7 rings (SSSR count). The Balaban J connectivity index is 1.52. The molecule has 6 heteroatoms. The molecule has 1 spiro atoms. The molecule has 2 fully saturated rings. The van der Waals surface area contributed by atoms with Crippen molar-refractivity contribution in [2.75, 3.05) is 13.7 Å². The Hall–Kier alpha value is -3.67. The number of hydrogen-bond donors (Lipinski definition) is 1. The summed E-state index contributed by atoms with van der Waals surface area (Å²) in [6.07, 6.45) is 1.86. The second kappa shape index (κ2) is 8.42. The molecule has 2 saturated heterocycles. The van der Waals surface area contributed by atoms with Gasteiger partial charge in [0.1, 0.15) is 5.54 Å². The minimum Gasteiger partial charge on any atom is -0.504 e. The van der Waals surface area contributed by atoms with E-state index >= 15 is 0 Å². The third kappa shape index (κ3) is 2.97. The van der Waals surface area contributed by atoms with Crippen LogP contribution in [0.3, 0.4) is 0 Å². The van der Waals surface area contributed by atoms with Crippen molar-refractivity contribution in [2.45, 2.75) is 30.3 Å². The first kappa shape index (κ1) is 23.4. The van der Waals surface area contributed by atoms with Crippen molar-refractivity contribution in [3.63, 3.8) is 0 Å². The Morgan fingerprint density at radius 1 is 1.05 bits per heavy atom. The van der Waals surface area contributed by atoms with E-state index < -0.39 is 11.5 Å². The van der Waals surface area contributed by atoms with Gasteiger partial charge in [0.25, 0.3) is 0 Å². The molecule has 4 unspecified atom stereocenters. The zero-order chi connectivity index (χ0) is 26.2. The molecule has 3 aliphatic rings. The number of benzene rings is 4. The Morgan fingerprint density at radius 2 is 1.82 bits per heavy atom. The quantitative estimate of drug-likeness (QED) is 0.315. The lowest BCUT2D eigenvalue weighted by atomic mass is 9.68. The lowest BCUT2D eigenvalue weighted by Gasteiger charge is -2.38. The van der Waals surface area contributed by atoms with E-state index in [9.17, 15) is 14.7 Å². The standard InChI is InChI=1S/C32H26ClNO4/c1-38-26-17-20(12-15-25(26)35)30(36)29-28(19-10-13-21(33)14-11-19)24-9-4-16-34(24)32(29)23-8-3-6-18-5-2-7-22(27(18)23)31(32)37/h2-3,5-8,10-15,17,24,28-29,35H,4,9,16H2,1H3. The van der Waals surface area contributed by atoms with Gasteiger partial charge in [0, 0.05) is 28.1 Å². The summed E-state index contributed by atoms with van der Waals surface area (Å²) in [4.78, 5) is 31.8. The van der Waals surface area contributed by atoms with E-state index in [0.717, 1.165) is 41.3 Å². The maximum Gasteiger partial charge on any atom is 0.189 e. The number of hydrogen-bond acceptors (Lipinski definition) is 5. The van der Waals surface area contributed by atoms with Gasteiger partial charge < -0.3 is 9.84 Å². The van der Waals surface area contributed by atoms with Crippen LogP contribution in [-0.2, 0) is 5.54 Å². The van der Waals surface area contributed by atoms with Crippen LogP contribution in [0.5, 0.6) is 11.5 Å². The molecule has 0 bridgehead atoms. The maximum absolute atomic E-state index is 14.7. The van der Waals surface area contributed by atoms with E-state index in [-0.39, 0.29) is 35.0 Å². The highest BCUT2D eigenvalue weighted by Crippen LogP contribution is 2.62. The van der Waals surface area contributed by atoms with Crippen molar-refractivity contribution >= 4 is 33.9 Å². The van der Waals surface area contributed by atoms with Crippen molar-refractivity contribution in [1.82, 2.24) is 4.90 Å². The molecule has 0 saturated carbocycles. The average molecular weight is 524 g/mol. The molecule has 4 atom stereocenters. The minimum atomic E-state index is -1.11. The summed E-state index contributed by atoms with van der Waals surface area (Å²) in [5.74, 6) is -0.819. The number of fused-ring (bicyclic) bond motifs is 3. The Labute approximate surface area is 225 Å². The van der Waals surface area contributed by atoms with Gasteiger partial charge in [0.2, 0.25) is 0 Å². The van der Waals surface area contributed by atoms with Crippen LogP contribution in [0.15, 0.2) is 78.9 Å². The van der Waals surface area contributed by atoms with Gasteiger partial charge in [-0.3, -0.25) is 14.5 Å². The van der Waals surface area contributed by atoms with Gasteiger partial charge >= 0.3 is 0 Å². The molecule has 0 aromatic heterocycles. The van der Waals surface area contributed by atoms with Crippen molar-refractivity contribution < 1.29 is 19.4 Å². The number of ketones is 2. The first-order chi connectivity index (χ1) is 18.5. The largest absolute Gasteiger partial charge is 0.504 e. The number of halogens is 1. The lowest BCUT2D eigenvalue weighted by molar-refractivity contribution is 0.0519. The van der Waals surface area contributed by atoms with Gasteiger partial charge in [-0.15, -0.1) is 0 Å². The van der Waals surface area contributed by atoms with E-state index in [0.29, 0.717) is 16.1 Å². The van der Waals surface area contributed by atoms with Crippen molar-refractivity contribution in [1.29, 1.82) is 0 Å². The number of carbonyl (C=O) groups is 2. The molecular weight excluding hydrogens is 498 g/mol. The van der Waals surface area contributed by atoms with Gasteiger partial charge in [-0.1, -0.05) is 60.1 Å². The highest BCUT2D eigenvalue weighted by atomic mass is 35.5. The highest BCUT2D eigenvalue weighted by Gasteiger charge is 2.69. The fraction of sp³-hybridized carbons (Fsp3) is 0.250. The van der Waals surface area contributed by atoms with Crippen LogP contribution in [0.25, 0.3) is 10.8 Å². The topological polar surface area (TPSA) is 66.8 Å². The second-order valence-corrected chi connectivity index (χ2v) is 11.0. The number of rotatable bonds is 4. The molecule has 190 valence electrons. The van der Waals surface area contributed by atoms with Crippen LogP contribution in [0.2, 0.25) is 5.02 Å². The summed E-state index contributed by atoms with van der Waals surface area (Å²) < 4.78 is 5.34. The molecule has 5 nitrogen and oxygen atoms in total. The molecule has 0 radical (unpaired) electrons. The molecule has 1 aliphatic carbocycles. The van der Waals surface area contributed by atoms with Crippen LogP contribution in [0.4, 0.5) is 0 Å². The van der Waals surface area contributed by atoms with Crippen molar-refractivity contribution in [3.05, 3.63) is 106 Å². The van der Waals surface area contributed by atoms with E-state index in [2.05, 4.69) is 4.90 Å². The maximum atomic E-state index is 14.7. The van der Waals surface area contributed by atoms with Crippen LogP contribution in [0.1, 0.15) is 50.6 Å². The minimum absolute atomic E-state index is 0.00300. The molecule has 38 heavy (non-hydrogen) atoms. The van der Waals surface area contributed by atoms with Crippen LogP contribution < -0.4 is 4.74 Å². The summed E-state index contributed by atoms with van der Waals surface area (Å²) in [5, 5.41) is 12.8. The van der Waals surface area contributed by atoms with E-state index in [1.54, 1.807) is 12.1 Å². The van der Waals surface area contributed by atoms with Gasteiger partial charge in [0.15, 0.2) is 23.1 Å². The number of carbonyl (C=O) groups excluding carboxylic acids is 2. The number of Topliss-reactive ketones (excluding diaryl/α,β-unsaturated/α-hetero) is 2. The van der Waals surface area contributed by atoms with Crippen LogP contribution in [0, 0.1) is 5.92 Å². The first-order valence-electron chi connectivity index (χ1n) is 13.0. The summed E-state index contributed by atoms with van der Waals surface area (Å²) in [6.45, 7) is 0.744. The number of ether oxygens (including phenoxy) is 1. The normalized spacial score (nSPS) is 25.8. The summed E-state index contributed by atoms with van der Waals surface area (Å²) in [6, 6.07) is 24.3. The van der Waals surface area contributed by atoms with Crippen LogP contribution >= 0.6 is 11.6 Å². The van der Waals surface area contributed by atoms with E-state index in [1.165, 1.54) is 13.2 Å². The Morgan fingerprint density at radius 3 is 2.58 bits per heavy atom. The molecular formula is C32H26ClNO4. The second-order valence-electron chi connectivity index (χ2n) is 10.5. The van der Waals surface area contributed by atoms with Gasteiger partial charge in [-0.05, 0) is 71.6 Å². The van der Waals surface area contributed by atoms with Crippen molar-refractivity contribution in [3.8, 4) is 11.5 Å². The van der Waals surface area contributed by atoms with Crippen LogP contribution in [-0.4, -0.2) is 41.3 Å². The predicted octanol–water partition coefficient (Wildman–Crippen LogP) is 6.36. The van der Waals surface area contributed by atoms with E-state index in [4.69, 9.17) is 16.3 Å². The lowest BCUT2D eigenvalue weighted by Crippen LogP contribution is -2.51. The summed E-state index contributed by atoms with van der Waals surface area (Å²) >= 11 is 6.26. The van der Waals surface area contributed by atoms with Gasteiger partial charge in [0.05, 0.1) is 13.0 Å². The Bertz CT molecular complexity index is 1630. The van der Waals surface area contributed by atoms with Gasteiger partial charge in [-0.25, -0.2) is 0 Å². The third-order valence-electron chi connectivity index (χ3n) is 8.88. The number of methoxy groups -OCH3 is 1. The number of aromatic hydroxyl groups is 1. The zero-order valence-corrected chi connectivity index (χ0v) is 21.6. The number of phenolic OH excluding ortho intramolecular Hbond substituents is 1. The average Bonchev–Trinajstić information content (AvgIpc) is 3.59. The monoisotopic (exact) mass is 523 g/mol. The molecule has 2 aliphatic heterocycles. The zero-order valence-electron chi connectivity index (χ0n) is 20.9.